The van der Waals surface area contributed by atoms with E-state index in [0.717, 1.165) is 5.56 Å². The molecule has 6 nitrogen and oxygen atoms in total. The third-order valence-corrected chi connectivity index (χ3v) is 5.57. The van der Waals surface area contributed by atoms with Gasteiger partial charge in [-0.2, -0.15) is 0 Å². The summed E-state index contributed by atoms with van der Waals surface area (Å²) in [5.41, 5.74) is 0.966. The number of rotatable bonds is 5. The number of anilines is 1. The van der Waals surface area contributed by atoms with Crippen LogP contribution in [0.4, 0.5) is 5.69 Å². The average Bonchev–Trinajstić information content (AvgIpc) is 2.95. The zero-order chi connectivity index (χ0) is 23.1. The number of aromatic hydroxyl groups is 1. The zero-order valence-corrected chi connectivity index (χ0v) is 18.9. The van der Waals surface area contributed by atoms with Crippen molar-refractivity contribution in [2.75, 3.05) is 11.5 Å². The Hall–Kier alpha value is -2.99. The minimum atomic E-state index is -0.905. The van der Waals surface area contributed by atoms with Gasteiger partial charge in [0.2, 0.25) is 0 Å². The van der Waals surface area contributed by atoms with Crippen LogP contribution in [0.25, 0.3) is 0 Å². The number of halogens is 1. The summed E-state index contributed by atoms with van der Waals surface area (Å²) in [5.74, 6) is -1.47. The Labute approximate surface area is 186 Å². The molecule has 31 heavy (non-hydrogen) atoms. The summed E-state index contributed by atoms with van der Waals surface area (Å²) in [5, 5.41) is 21.3. The number of hydrogen-bond acceptors (Lipinski definition) is 5. The first-order valence-electron chi connectivity index (χ1n) is 10.0. The molecular weight excluding hydrogens is 418 g/mol. The second kappa shape index (κ2) is 8.27. The lowest BCUT2D eigenvalue weighted by molar-refractivity contribution is -0.123. The largest absolute Gasteiger partial charge is 0.504 e. The van der Waals surface area contributed by atoms with Gasteiger partial charge in [0.25, 0.3) is 5.91 Å². The molecule has 0 bridgehead atoms. The monoisotopic (exact) mass is 443 g/mol. The molecular formula is C24H26ClNO5. The first-order valence-corrected chi connectivity index (χ1v) is 10.4. The summed E-state index contributed by atoms with van der Waals surface area (Å²) in [6.07, 6.45) is 0. The highest BCUT2D eigenvalue weighted by Gasteiger charge is 2.47. The van der Waals surface area contributed by atoms with E-state index in [1.165, 1.54) is 11.0 Å². The van der Waals surface area contributed by atoms with Crippen LogP contribution in [-0.2, 0) is 9.59 Å². The molecule has 0 aliphatic carbocycles. The highest BCUT2D eigenvalue weighted by molar-refractivity contribution is 6.31. The van der Waals surface area contributed by atoms with Crippen LogP contribution in [0.2, 0.25) is 5.02 Å². The van der Waals surface area contributed by atoms with Gasteiger partial charge in [0.05, 0.1) is 18.2 Å². The Bertz CT molecular complexity index is 1080. The summed E-state index contributed by atoms with van der Waals surface area (Å²) in [6, 6.07) is 8.83. The Morgan fingerprint density at radius 2 is 1.84 bits per heavy atom. The Morgan fingerprint density at radius 3 is 2.42 bits per heavy atom. The number of aliphatic hydroxyl groups is 1. The Balaban J connectivity index is 2.24. The third-order valence-electron chi connectivity index (χ3n) is 5.17. The van der Waals surface area contributed by atoms with Crippen LogP contribution in [0.5, 0.6) is 11.5 Å². The number of Topliss-reactive ketones (excluding diaryl/α,β-unsaturated/α-hetero) is 1. The number of carbonyl (C=O) groups is 2. The standard InChI is InChI=1S/C24H26ClNO5/c1-6-31-18-11-14(8-10-17(18)27)20-19(22(29)24(3,4)5)21(28)23(30)26(20)15-9-7-13(2)16(25)12-15/h7-12,20,27-28H,6H2,1-5H3. The van der Waals surface area contributed by atoms with Gasteiger partial charge in [-0.15, -0.1) is 0 Å². The summed E-state index contributed by atoms with van der Waals surface area (Å²) >= 11 is 6.29. The molecule has 1 aliphatic rings. The van der Waals surface area contributed by atoms with Gasteiger partial charge in [-0.3, -0.25) is 14.5 Å². The van der Waals surface area contributed by atoms with E-state index in [0.29, 0.717) is 22.9 Å². The number of aryl methyl sites for hydroxylation is 1. The van der Waals surface area contributed by atoms with Gasteiger partial charge in [0.15, 0.2) is 23.0 Å². The number of amides is 1. The van der Waals surface area contributed by atoms with Crippen LogP contribution in [0.15, 0.2) is 47.7 Å². The molecule has 7 heteroatoms. The van der Waals surface area contributed by atoms with Gasteiger partial charge in [-0.1, -0.05) is 44.5 Å². The number of aliphatic hydroxyl groups excluding tert-OH is 1. The fraction of sp³-hybridized carbons (Fsp3) is 0.333. The smallest absolute Gasteiger partial charge is 0.294 e. The number of phenolic OH excluding ortho intramolecular Hbond substituents is 1. The molecule has 1 amide bonds. The summed E-state index contributed by atoms with van der Waals surface area (Å²) in [4.78, 5) is 27.8. The molecule has 0 saturated carbocycles. The van der Waals surface area contributed by atoms with Gasteiger partial charge < -0.3 is 14.9 Å². The molecule has 0 aromatic heterocycles. The lowest BCUT2D eigenvalue weighted by Gasteiger charge is -2.29. The second-order valence-corrected chi connectivity index (χ2v) is 8.92. The summed E-state index contributed by atoms with van der Waals surface area (Å²) < 4.78 is 5.49. The van der Waals surface area contributed by atoms with Crippen molar-refractivity contribution >= 4 is 29.0 Å². The zero-order valence-electron chi connectivity index (χ0n) is 18.2. The van der Waals surface area contributed by atoms with Crippen molar-refractivity contribution in [2.24, 2.45) is 5.41 Å². The first kappa shape index (κ1) is 22.7. The predicted molar refractivity (Wildman–Crippen MR) is 120 cm³/mol. The molecule has 164 valence electrons. The van der Waals surface area contributed by atoms with Crippen molar-refractivity contribution in [1.82, 2.24) is 0 Å². The number of ether oxygens (including phenoxy) is 1. The predicted octanol–water partition coefficient (Wildman–Crippen LogP) is 5.27. The van der Waals surface area contributed by atoms with E-state index < -0.39 is 23.1 Å². The highest BCUT2D eigenvalue weighted by Crippen LogP contribution is 2.45. The number of carbonyl (C=O) groups excluding carboxylic acids is 2. The number of nitrogens with zero attached hydrogens (tertiary/aromatic N) is 1. The van der Waals surface area contributed by atoms with Crippen LogP contribution in [0.1, 0.15) is 44.9 Å². The molecule has 2 aromatic rings. The van der Waals surface area contributed by atoms with Gasteiger partial charge in [-0.05, 0) is 49.2 Å². The molecule has 1 atom stereocenters. The van der Waals surface area contributed by atoms with E-state index in [9.17, 15) is 19.8 Å². The number of ketones is 1. The molecule has 3 rings (SSSR count). The van der Waals surface area contributed by atoms with Crippen LogP contribution >= 0.6 is 11.6 Å². The van der Waals surface area contributed by atoms with Crippen molar-refractivity contribution in [3.8, 4) is 11.5 Å². The molecule has 2 N–H and O–H groups in total. The second-order valence-electron chi connectivity index (χ2n) is 8.51. The van der Waals surface area contributed by atoms with E-state index >= 15 is 0 Å². The minimum absolute atomic E-state index is 0.00216. The van der Waals surface area contributed by atoms with Crippen molar-refractivity contribution < 1.29 is 24.5 Å². The third kappa shape index (κ3) is 4.12. The highest BCUT2D eigenvalue weighted by atomic mass is 35.5. The van der Waals surface area contributed by atoms with Crippen molar-refractivity contribution in [1.29, 1.82) is 0 Å². The molecule has 1 heterocycles. The fourth-order valence-electron chi connectivity index (χ4n) is 3.53. The van der Waals surface area contributed by atoms with Crippen molar-refractivity contribution in [3.63, 3.8) is 0 Å². The van der Waals surface area contributed by atoms with Gasteiger partial charge in [0, 0.05) is 16.1 Å². The van der Waals surface area contributed by atoms with Crippen LogP contribution in [-0.4, -0.2) is 28.5 Å². The van der Waals surface area contributed by atoms with Crippen LogP contribution in [0.3, 0.4) is 0 Å². The fourth-order valence-corrected chi connectivity index (χ4v) is 3.70. The van der Waals surface area contributed by atoms with Crippen molar-refractivity contribution in [2.45, 2.75) is 40.7 Å². The summed E-state index contributed by atoms with van der Waals surface area (Å²) in [7, 11) is 0. The van der Waals surface area contributed by atoms with E-state index in [-0.39, 0.29) is 22.9 Å². The molecule has 0 spiro atoms. The SMILES string of the molecule is CCOc1cc(C2C(C(=O)C(C)(C)C)=C(O)C(=O)N2c2ccc(C)c(Cl)c2)ccc1O. The molecule has 2 aromatic carbocycles. The quantitative estimate of drug-likeness (QED) is 0.657. The Kier molecular flexibility index (Phi) is 6.05. The maximum atomic E-state index is 13.3. The van der Waals surface area contributed by atoms with Gasteiger partial charge in [-0.25, -0.2) is 0 Å². The maximum absolute atomic E-state index is 13.3. The van der Waals surface area contributed by atoms with Gasteiger partial charge >= 0.3 is 0 Å². The molecule has 1 unspecified atom stereocenters. The van der Waals surface area contributed by atoms with E-state index in [4.69, 9.17) is 16.3 Å². The lowest BCUT2D eigenvalue weighted by atomic mass is 9.82. The maximum Gasteiger partial charge on any atom is 0.294 e. The average molecular weight is 444 g/mol. The van der Waals surface area contributed by atoms with Crippen LogP contribution in [0, 0.1) is 12.3 Å². The minimum Gasteiger partial charge on any atom is -0.504 e. The van der Waals surface area contributed by atoms with E-state index in [2.05, 4.69) is 0 Å². The first-order chi connectivity index (χ1) is 14.5. The van der Waals surface area contributed by atoms with E-state index in [1.807, 2.05) is 6.92 Å². The topological polar surface area (TPSA) is 87.1 Å². The van der Waals surface area contributed by atoms with Crippen LogP contribution < -0.4 is 9.64 Å². The summed E-state index contributed by atoms with van der Waals surface area (Å²) in [6.45, 7) is 9.13. The number of phenols is 1. The molecule has 0 saturated heterocycles. The molecule has 0 radical (unpaired) electrons. The Morgan fingerprint density at radius 1 is 1.16 bits per heavy atom. The molecule has 0 fully saturated rings. The lowest BCUT2D eigenvalue weighted by Crippen LogP contribution is -2.32. The normalized spacial score (nSPS) is 16.8. The van der Waals surface area contributed by atoms with E-state index in [1.54, 1.807) is 58.0 Å². The number of hydrogen-bond donors (Lipinski definition) is 2. The number of benzene rings is 2. The van der Waals surface area contributed by atoms with Crippen molar-refractivity contribution in [3.05, 3.63) is 63.9 Å². The molecule has 1 aliphatic heterocycles. The van der Waals surface area contributed by atoms with Gasteiger partial charge in [0.1, 0.15) is 0 Å².